The van der Waals surface area contributed by atoms with Gasteiger partial charge in [0.25, 0.3) is 0 Å². The van der Waals surface area contributed by atoms with Crippen molar-refractivity contribution in [3.63, 3.8) is 0 Å². The summed E-state index contributed by atoms with van der Waals surface area (Å²) in [6, 6.07) is 76.9. The second kappa shape index (κ2) is 12.6. The highest BCUT2D eigenvalue weighted by Gasteiger charge is 2.26. The van der Waals surface area contributed by atoms with E-state index in [9.17, 15) is 0 Å². The Hall–Kier alpha value is -7.36. The van der Waals surface area contributed by atoms with Gasteiger partial charge in [-0.3, -0.25) is 0 Å². The largest absolute Gasteiger partial charge is 0.310 e. The van der Waals surface area contributed by atoms with Crippen LogP contribution in [-0.4, -0.2) is 4.57 Å². The van der Waals surface area contributed by atoms with Crippen molar-refractivity contribution in [1.29, 1.82) is 0 Å². The Morgan fingerprint density at radius 1 is 0.309 bits per heavy atom. The molecule has 0 fully saturated rings. The molecule has 0 aliphatic heterocycles. The summed E-state index contributed by atoms with van der Waals surface area (Å²) in [5.41, 5.74) is 10.2. The van der Waals surface area contributed by atoms with Crippen molar-refractivity contribution in [3.05, 3.63) is 212 Å². The van der Waals surface area contributed by atoms with E-state index in [0.29, 0.717) is 0 Å². The van der Waals surface area contributed by atoms with Crippen molar-refractivity contribution in [3.8, 4) is 5.69 Å². The molecule has 0 radical (unpaired) electrons. The molecule has 0 aliphatic carbocycles. The van der Waals surface area contributed by atoms with Crippen molar-refractivity contribution in [2.24, 2.45) is 0 Å². The summed E-state index contributed by atoms with van der Waals surface area (Å²) in [6.07, 6.45) is 0. The van der Waals surface area contributed by atoms with Crippen LogP contribution in [0.3, 0.4) is 0 Å². The molecule has 3 heteroatoms. The number of aromatic nitrogens is 1. The van der Waals surface area contributed by atoms with E-state index in [1.165, 1.54) is 54.1 Å². The minimum Gasteiger partial charge on any atom is -0.310 e. The highest BCUT2D eigenvalue weighted by molar-refractivity contribution is 6.34. The predicted molar refractivity (Wildman–Crippen MR) is 234 cm³/mol. The fourth-order valence-corrected chi connectivity index (χ4v) is 8.76. The van der Waals surface area contributed by atoms with Gasteiger partial charge in [-0.25, -0.2) is 0 Å². The molecule has 3 nitrogen and oxygen atoms in total. The highest BCUT2D eigenvalue weighted by atomic mass is 15.2. The molecule has 0 unspecified atom stereocenters. The lowest BCUT2D eigenvalue weighted by atomic mass is 9.90. The molecule has 11 aromatic rings. The first kappa shape index (κ1) is 31.2. The van der Waals surface area contributed by atoms with Crippen molar-refractivity contribution in [2.75, 3.05) is 9.80 Å². The van der Waals surface area contributed by atoms with Crippen LogP contribution in [0.15, 0.2) is 212 Å². The molecule has 11 rings (SSSR count). The first-order valence-corrected chi connectivity index (χ1v) is 18.9. The van der Waals surface area contributed by atoms with E-state index < -0.39 is 0 Å². The Morgan fingerprint density at radius 3 is 1.27 bits per heavy atom. The summed E-state index contributed by atoms with van der Waals surface area (Å²) in [5, 5.41) is 9.92. The average Bonchev–Trinajstić information content (AvgIpc) is 3.59. The molecule has 0 N–H and O–H groups in total. The van der Waals surface area contributed by atoms with Crippen LogP contribution in [0.5, 0.6) is 0 Å². The summed E-state index contributed by atoms with van der Waals surface area (Å²) in [4.78, 5) is 4.83. The Bertz CT molecular complexity index is 2940. The second-order valence-electron chi connectivity index (χ2n) is 14.1. The van der Waals surface area contributed by atoms with Crippen LogP contribution in [-0.2, 0) is 0 Å². The van der Waals surface area contributed by atoms with Crippen molar-refractivity contribution in [1.82, 2.24) is 4.57 Å². The number of hydrogen-bond acceptors (Lipinski definition) is 2. The fraction of sp³-hybridized carbons (Fsp3) is 0. The summed E-state index contributed by atoms with van der Waals surface area (Å²) < 4.78 is 2.46. The molecule has 1 heterocycles. The first-order chi connectivity index (χ1) is 27.3. The minimum absolute atomic E-state index is 1.10. The van der Waals surface area contributed by atoms with E-state index in [0.717, 1.165) is 39.8 Å². The summed E-state index contributed by atoms with van der Waals surface area (Å²) in [6.45, 7) is 0. The topological polar surface area (TPSA) is 11.4 Å². The monoisotopic (exact) mass is 701 g/mol. The van der Waals surface area contributed by atoms with Gasteiger partial charge in [-0.15, -0.1) is 0 Å². The quantitative estimate of drug-likeness (QED) is 0.153. The average molecular weight is 702 g/mol. The van der Waals surface area contributed by atoms with Gasteiger partial charge in [-0.05, 0) is 89.6 Å². The van der Waals surface area contributed by atoms with Crippen LogP contribution in [0.1, 0.15) is 0 Å². The predicted octanol–water partition coefficient (Wildman–Crippen LogP) is 14.6. The molecule has 1 aromatic heterocycles. The van der Waals surface area contributed by atoms with Crippen LogP contribution >= 0.6 is 0 Å². The molecule has 0 atom stereocenters. The van der Waals surface area contributed by atoms with E-state index in [1.54, 1.807) is 0 Å². The van der Waals surface area contributed by atoms with Gasteiger partial charge in [-0.2, -0.15) is 0 Å². The number of rotatable bonds is 7. The van der Waals surface area contributed by atoms with Crippen LogP contribution in [0, 0.1) is 0 Å². The smallest absolute Gasteiger partial charge is 0.0620 e. The zero-order valence-corrected chi connectivity index (χ0v) is 30.0. The normalized spacial score (nSPS) is 11.6. The standard InChI is InChI=1S/C52H35N3/c1-6-18-37(19-7-1)53(38-20-8-2-9-21-38)48-35-49(54(39-22-10-3-11-23-39)40-24-12-4-13-25-40)44-32-33-45-50-36(30-31-43(48)51(44)50)34-46-42-28-16-17-29-47(42)55(52(45)46)41-26-14-5-15-27-41/h1-35H. The van der Waals surface area contributed by atoms with E-state index in [4.69, 9.17) is 0 Å². The van der Waals surface area contributed by atoms with E-state index in [1.807, 2.05) is 0 Å². The Balaban J connectivity index is 1.34. The van der Waals surface area contributed by atoms with Gasteiger partial charge in [-0.1, -0.05) is 133 Å². The Kier molecular flexibility index (Phi) is 7.17. The van der Waals surface area contributed by atoms with Gasteiger partial charge in [0, 0.05) is 60.8 Å². The zero-order valence-electron chi connectivity index (χ0n) is 30.0. The number of fused-ring (bicyclic) bond motifs is 4. The van der Waals surface area contributed by atoms with Gasteiger partial charge >= 0.3 is 0 Å². The summed E-state index contributed by atoms with van der Waals surface area (Å²) >= 11 is 0. The zero-order chi connectivity index (χ0) is 36.3. The third kappa shape index (κ3) is 4.91. The fourth-order valence-electron chi connectivity index (χ4n) is 8.76. The molecule has 0 bridgehead atoms. The van der Waals surface area contributed by atoms with Crippen molar-refractivity contribution >= 4 is 88.2 Å². The lowest BCUT2D eigenvalue weighted by Gasteiger charge is -2.32. The van der Waals surface area contributed by atoms with Crippen LogP contribution in [0.25, 0.3) is 59.8 Å². The Morgan fingerprint density at radius 2 is 0.745 bits per heavy atom. The molecule has 55 heavy (non-hydrogen) atoms. The van der Waals surface area contributed by atoms with E-state index in [2.05, 4.69) is 227 Å². The highest BCUT2D eigenvalue weighted by Crippen LogP contribution is 2.51. The van der Waals surface area contributed by atoms with E-state index in [-0.39, 0.29) is 0 Å². The van der Waals surface area contributed by atoms with Crippen LogP contribution in [0.4, 0.5) is 34.1 Å². The molecule has 0 amide bonds. The number of hydrogen-bond donors (Lipinski definition) is 0. The number of anilines is 6. The molecule has 0 saturated carbocycles. The van der Waals surface area contributed by atoms with Crippen molar-refractivity contribution in [2.45, 2.75) is 0 Å². The molecule has 258 valence electrons. The first-order valence-electron chi connectivity index (χ1n) is 18.9. The van der Waals surface area contributed by atoms with E-state index >= 15 is 0 Å². The molecular weight excluding hydrogens is 667 g/mol. The molecule has 0 saturated heterocycles. The lowest BCUT2D eigenvalue weighted by Crippen LogP contribution is -2.14. The minimum atomic E-state index is 1.10. The third-order valence-electron chi connectivity index (χ3n) is 11.0. The maximum Gasteiger partial charge on any atom is 0.0620 e. The van der Waals surface area contributed by atoms with Gasteiger partial charge in [0.2, 0.25) is 0 Å². The lowest BCUT2D eigenvalue weighted by molar-refractivity contribution is 1.19. The molecule has 0 spiro atoms. The number of para-hydroxylation sites is 6. The van der Waals surface area contributed by atoms with Gasteiger partial charge < -0.3 is 14.4 Å². The van der Waals surface area contributed by atoms with Gasteiger partial charge in [0.05, 0.1) is 22.4 Å². The summed E-state index contributed by atoms with van der Waals surface area (Å²) in [7, 11) is 0. The molecule has 0 aliphatic rings. The summed E-state index contributed by atoms with van der Waals surface area (Å²) in [5.74, 6) is 0. The number of nitrogens with zero attached hydrogens (tertiary/aromatic N) is 3. The second-order valence-corrected chi connectivity index (χ2v) is 14.1. The molecule has 10 aromatic carbocycles. The SMILES string of the molecule is c1ccc(N(c2ccccc2)c2cc(N(c3ccccc3)c3ccccc3)c3ccc4c5c(ccc2c35)cc2c3ccccc3n(-c3ccccc3)c24)cc1. The van der Waals surface area contributed by atoms with Crippen molar-refractivity contribution < 1.29 is 0 Å². The number of benzene rings is 10. The van der Waals surface area contributed by atoms with Crippen LogP contribution in [0.2, 0.25) is 0 Å². The van der Waals surface area contributed by atoms with Gasteiger partial charge in [0.15, 0.2) is 0 Å². The molecular formula is C52H35N3. The van der Waals surface area contributed by atoms with Gasteiger partial charge in [0.1, 0.15) is 0 Å². The Labute approximate surface area is 319 Å². The third-order valence-corrected chi connectivity index (χ3v) is 11.0. The maximum absolute atomic E-state index is 2.46. The maximum atomic E-state index is 2.46. The van der Waals surface area contributed by atoms with Crippen LogP contribution < -0.4 is 9.80 Å².